The molecule has 5 atom stereocenters. The molecule has 1 fully saturated rings. The van der Waals surface area contributed by atoms with E-state index in [2.05, 4.69) is 36.1 Å². The first-order valence-electron chi connectivity index (χ1n) is 14.1. The van der Waals surface area contributed by atoms with E-state index in [9.17, 15) is 25.2 Å². The quantitative estimate of drug-likeness (QED) is 0.0513. The van der Waals surface area contributed by atoms with Gasteiger partial charge in [0.1, 0.15) is 30.2 Å². The van der Waals surface area contributed by atoms with Gasteiger partial charge in [0.2, 0.25) is 6.29 Å². The number of carbonyl (C=O) groups excluding carboxylic acids is 1. The summed E-state index contributed by atoms with van der Waals surface area (Å²) >= 11 is 0. The fourth-order valence-corrected chi connectivity index (χ4v) is 4.59. The molecule has 0 radical (unpaired) electrons. The standard InChI is InChI=1S/C27H46N4O11Si/c1-27(2,3)43(4,5)42-20-16-18(6-7-19(20)40-26-24(35)23(34)22(33)21(17-32)41-26)25(36)29-8-10-37-12-14-39-15-13-38-11-9-30-31-28/h6-7,16,21-24,26,32-35H,8-15,17H2,1-5H3,(H,29,36)/t21-,22+,23+,24-,26-/m1/s1. The Balaban J connectivity index is 1.96. The summed E-state index contributed by atoms with van der Waals surface area (Å²) in [5, 5.41) is 46.2. The van der Waals surface area contributed by atoms with Gasteiger partial charge in [-0.05, 0) is 41.9 Å². The van der Waals surface area contributed by atoms with Gasteiger partial charge in [0.05, 0.1) is 46.2 Å². The van der Waals surface area contributed by atoms with Gasteiger partial charge in [-0.15, -0.1) is 0 Å². The summed E-state index contributed by atoms with van der Waals surface area (Å²) in [7, 11) is -2.42. The van der Waals surface area contributed by atoms with Crippen LogP contribution < -0.4 is 14.5 Å². The maximum atomic E-state index is 12.9. The van der Waals surface area contributed by atoms with Crippen LogP contribution >= 0.6 is 0 Å². The van der Waals surface area contributed by atoms with Crippen molar-refractivity contribution in [3.63, 3.8) is 0 Å². The van der Waals surface area contributed by atoms with E-state index in [0.717, 1.165) is 0 Å². The Morgan fingerprint density at radius 3 is 2.23 bits per heavy atom. The van der Waals surface area contributed by atoms with Gasteiger partial charge in [0.25, 0.3) is 14.2 Å². The lowest BCUT2D eigenvalue weighted by atomic mass is 9.99. The van der Waals surface area contributed by atoms with Crippen LogP contribution in [0, 0.1) is 0 Å². The molecule has 0 bridgehead atoms. The first-order valence-corrected chi connectivity index (χ1v) is 17.1. The van der Waals surface area contributed by atoms with E-state index in [1.54, 1.807) is 6.07 Å². The third kappa shape index (κ3) is 11.5. The van der Waals surface area contributed by atoms with Crippen LogP contribution in [-0.2, 0) is 18.9 Å². The minimum Gasteiger partial charge on any atom is -0.541 e. The highest BCUT2D eigenvalue weighted by atomic mass is 28.4. The van der Waals surface area contributed by atoms with E-state index in [4.69, 9.17) is 33.6 Å². The van der Waals surface area contributed by atoms with Gasteiger partial charge >= 0.3 is 0 Å². The van der Waals surface area contributed by atoms with E-state index in [1.165, 1.54) is 12.1 Å². The summed E-state index contributed by atoms with van der Waals surface area (Å²) in [6.07, 6.45) is -7.27. The third-order valence-electron chi connectivity index (χ3n) is 7.14. The van der Waals surface area contributed by atoms with Crippen molar-refractivity contribution < 1.29 is 53.3 Å². The minimum atomic E-state index is -2.42. The van der Waals surface area contributed by atoms with Crippen LogP contribution in [0.3, 0.4) is 0 Å². The number of amides is 1. The van der Waals surface area contributed by atoms with Crippen molar-refractivity contribution in [3.8, 4) is 11.5 Å². The van der Waals surface area contributed by atoms with Crippen molar-refractivity contribution >= 4 is 14.2 Å². The molecule has 2 rings (SSSR count). The zero-order valence-corrected chi connectivity index (χ0v) is 26.5. The highest BCUT2D eigenvalue weighted by molar-refractivity contribution is 6.74. The van der Waals surface area contributed by atoms with E-state index in [1.807, 2.05) is 13.1 Å². The minimum absolute atomic E-state index is 0.162. The maximum absolute atomic E-state index is 12.9. The number of nitrogens with zero attached hydrogens (tertiary/aromatic N) is 3. The molecular formula is C27H46N4O11Si. The second-order valence-corrected chi connectivity index (χ2v) is 16.1. The number of nitrogens with one attached hydrogen (secondary N) is 1. The Morgan fingerprint density at radius 1 is 1.00 bits per heavy atom. The molecule has 1 amide bonds. The van der Waals surface area contributed by atoms with Gasteiger partial charge in [-0.1, -0.05) is 25.9 Å². The molecular weight excluding hydrogens is 584 g/mol. The molecule has 1 aromatic rings. The second-order valence-electron chi connectivity index (χ2n) is 11.4. The summed E-state index contributed by atoms with van der Waals surface area (Å²) in [5.74, 6) is 0.0543. The van der Waals surface area contributed by atoms with Gasteiger partial charge in [-0.2, -0.15) is 0 Å². The maximum Gasteiger partial charge on any atom is 0.251 e. The summed E-state index contributed by atoms with van der Waals surface area (Å²) < 4.78 is 33.9. The molecule has 0 unspecified atom stereocenters. The number of hydrogen-bond acceptors (Lipinski definition) is 12. The molecule has 1 heterocycles. The van der Waals surface area contributed by atoms with Crippen LogP contribution in [0.15, 0.2) is 23.3 Å². The molecule has 1 aliphatic rings. The van der Waals surface area contributed by atoms with Gasteiger partial charge in [-0.25, -0.2) is 0 Å². The zero-order valence-electron chi connectivity index (χ0n) is 25.5. The van der Waals surface area contributed by atoms with E-state index in [0.29, 0.717) is 38.6 Å². The Kier molecular flexibility index (Phi) is 15.1. The Bertz CT molecular complexity index is 1050. The average Bonchev–Trinajstić information content (AvgIpc) is 2.95. The van der Waals surface area contributed by atoms with Crippen molar-refractivity contribution in [1.82, 2.24) is 5.32 Å². The monoisotopic (exact) mass is 630 g/mol. The molecule has 1 saturated heterocycles. The van der Waals surface area contributed by atoms with Gasteiger partial charge < -0.3 is 53.9 Å². The van der Waals surface area contributed by atoms with Crippen molar-refractivity contribution in [3.05, 3.63) is 34.2 Å². The third-order valence-corrected chi connectivity index (χ3v) is 11.5. The largest absolute Gasteiger partial charge is 0.541 e. The van der Waals surface area contributed by atoms with Crippen molar-refractivity contribution in [2.75, 3.05) is 59.3 Å². The number of azide groups is 1. The molecule has 244 valence electrons. The smallest absolute Gasteiger partial charge is 0.251 e. The van der Waals surface area contributed by atoms with Crippen LogP contribution in [0.2, 0.25) is 18.1 Å². The van der Waals surface area contributed by atoms with Gasteiger partial charge in [-0.3, -0.25) is 4.79 Å². The highest BCUT2D eigenvalue weighted by Gasteiger charge is 2.45. The molecule has 1 aliphatic heterocycles. The van der Waals surface area contributed by atoms with Crippen LogP contribution in [0.1, 0.15) is 31.1 Å². The Hall–Kier alpha value is -2.50. The number of benzene rings is 1. The van der Waals surface area contributed by atoms with Crippen LogP contribution in [0.25, 0.3) is 10.4 Å². The molecule has 0 saturated carbocycles. The first-order chi connectivity index (χ1) is 20.3. The summed E-state index contributed by atoms with van der Waals surface area (Å²) in [4.78, 5) is 15.5. The molecule has 0 aliphatic carbocycles. The number of ether oxygens (including phenoxy) is 5. The molecule has 1 aromatic carbocycles. The van der Waals surface area contributed by atoms with Crippen LogP contribution in [-0.4, -0.2) is 125 Å². The first kappa shape index (κ1) is 36.7. The molecule has 15 nitrogen and oxygen atoms in total. The topological polar surface area (TPSA) is 214 Å². The van der Waals surface area contributed by atoms with Gasteiger partial charge in [0.15, 0.2) is 5.75 Å². The molecule has 0 aromatic heterocycles. The summed E-state index contributed by atoms with van der Waals surface area (Å²) in [6, 6.07) is 4.57. The van der Waals surface area contributed by atoms with E-state index in [-0.39, 0.29) is 42.1 Å². The zero-order chi connectivity index (χ0) is 32.0. The SMILES string of the molecule is CC(C)(C)[Si](C)(C)Oc1cc(C(=O)NCCOCCOCCOCCN=[N+]=[N-])ccc1O[C@@H]1O[C@H](CO)[C@H](O)[C@H](O)[C@H]1O. The number of rotatable bonds is 18. The summed E-state index contributed by atoms with van der Waals surface area (Å²) in [5.41, 5.74) is 8.49. The number of carbonyl (C=O) groups is 1. The fourth-order valence-electron chi connectivity index (χ4n) is 3.58. The number of hydrogen-bond donors (Lipinski definition) is 5. The van der Waals surface area contributed by atoms with Crippen molar-refractivity contribution in [2.24, 2.45) is 5.11 Å². The fraction of sp³-hybridized carbons (Fsp3) is 0.741. The molecule has 16 heteroatoms. The summed E-state index contributed by atoms with van der Waals surface area (Å²) in [6.45, 7) is 12.2. The van der Waals surface area contributed by atoms with Crippen molar-refractivity contribution in [1.29, 1.82) is 0 Å². The second kappa shape index (κ2) is 17.7. The lowest BCUT2D eigenvalue weighted by Gasteiger charge is -2.40. The molecule has 5 N–H and O–H groups in total. The number of aliphatic hydroxyl groups excluding tert-OH is 4. The normalized spacial score (nSPS) is 22.5. The lowest BCUT2D eigenvalue weighted by molar-refractivity contribution is -0.277. The van der Waals surface area contributed by atoms with E-state index < -0.39 is 45.6 Å². The molecule has 43 heavy (non-hydrogen) atoms. The van der Waals surface area contributed by atoms with E-state index >= 15 is 0 Å². The highest BCUT2D eigenvalue weighted by Crippen LogP contribution is 2.41. The number of aliphatic hydroxyl groups is 4. The van der Waals surface area contributed by atoms with Crippen LogP contribution in [0.4, 0.5) is 0 Å². The Morgan fingerprint density at radius 2 is 1.63 bits per heavy atom. The van der Waals surface area contributed by atoms with Crippen molar-refractivity contribution in [2.45, 2.75) is 69.6 Å². The predicted octanol–water partition coefficient (Wildman–Crippen LogP) is 1.34. The average molecular weight is 631 g/mol. The molecule has 0 spiro atoms. The Labute approximate surface area is 252 Å². The van der Waals surface area contributed by atoms with Crippen LogP contribution in [0.5, 0.6) is 11.5 Å². The lowest BCUT2D eigenvalue weighted by Crippen LogP contribution is -2.60. The van der Waals surface area contributed by atoms with Gasteiger partial charge in [0, 0.05) is 23.6 Å². The predicted molar refractivity (Wildman–Crippen MR) is 157 cm³/mol.